The molecule has 3 rings (SSSR count). The van der Waals surface area contributed by atoms with Gasteiger partial charge in [-0.05, 0) is 37.3 Å². The van der Waals surface area contributed by atoms with Gasteiger partial charge >= 0.3 is 0 Å². The molecule has 8 heteroatoms. The van der Waals surface area contributed by atoms with E-state index in [0.29, 0.717) is 18.9 Å². The molecular formula is C18H20N2O5S. The Morgan fingerprint density at radius 3 is 2.42 bits per heavy atom. The summed E-state index contributed by atoms with van der Waals surface area (Å²) < 4.78 is 31.9. The number of carbonyl (C=O) groups excluding carboxylic acids is 1. The van der Waals surface area contributed by atoms with Crippen LogP contribution in [0.4, 0.5) is 5.69 Å². The van der Waals surface area contributed by atoms with Gasteiger partial charge in [0.1, 0.15) is 5.75 Å². The van der Waals surface area contributed by atoms with E-state index in [1.807, 2.05) is 19.1 Å². The van der Waals surface area contributed by atoms with Gasteiger partial charge in [-0.3, -0.25) is 4.79 Å². The maximum Gasteiger partial charge on any atom is 0.259 e. The van der Waals surface area contributed by atoms with Gasteiger partial charge in [0.05, 0.1) is 23.7 Å². The normalized spacial score (nSPS) is 15.6. The zero-order valence-electron chi connectivity index (χ0n) is 14.3. The number of nitrogens with one attached hydrogen (secondary N) is 1. The number of anilines is 1. The lowest BCUT2D eigenvalue weighted by Gasteiger charge is -2.26. The second-order valence-electron chi connectivity index (χ2n) is 6.02. The largest absolute Gasteiger partial charge is 0.507 e. The Balaban J connectivity index is 1.87. The van der Waals surface area contributed by atoms with Crippen LogP contribution >= 0.6 is 0 Å². The monoisotopic (exact) mass is 376 g/mol. The standard InChI is InChI=1S/C18H20N2O5S/c1-13-2-4-14(5-3-13)19-18(22)16-12-15(6-7-17(16)21)26(23,24)20-8-10-25-11-9-20/h2-7,12,21H,8-11H2,1H3,(H,19,22). The zero-order valence-corrected chi connectivity index (χ0v) is 15.1. The van der Waals surface area contributed by atoms with Crippen LogP contribution in [-0.2, 0) is 14.8 Å². The van der Waals surface area contributed by atoms with Crippen LogP contribution in [0, 0.1) is 6.92 Å². The quantitative estimate of drug-likeness (QED) is 0.851. The van der Waals surface area contributed by atoms with Crippen molar-refractivity contribution in [2.75, 3.05) is 31.6 Å². The van der Waals surface area contributed by atoms with Crippen LogP contribution in [-0.4, -0.2) is 50.0 Å². The zero-order chi connectivity index (χ0) is 18.7. The number of phenolic OH excluding ortho intramolecular Hbond substituents is 1. The molecule has 1 heterocycles. The molecule has 1 aliphatic rings. The number of benzene rings is 2. The van der Waals surface area contributed by atoms with Crippen LogP contribution in [0.15, 0.2) is 47.4 Å². The lowest BCUT2D eigenvalue weighted by atomic mass is 10.1. The maximum atomic E-state index is 12.7. The van der Waals surface area contributed by atoms with E-state index in [9.17, 15) is 18.3 Å². The summed E-state index contributed by atoms with van der Waals surface area (Å²) in [6, 6.07) is 10.9. The third-order valence-corrected chi connectivity index (χ3v) is 6.02. The summed E-state index contributed by atoms with van der Waals surface area (Å²) in [6.45, 7) is 3.11. The van der Waals surface area contributed by atoms with E-state index in [0.717, 1.165) is 5.56 Å². The molecule has 7 nitrogen and oxygen atoms in total. The number of aromatic hydroxyl groups is 1. The molecule has 2 N–H and O–H groups in total. The first kappa shape index (κ1) is 18.4. The molecule has 0 spiro atoms. The first-order chi connectivity index (χ1) is 12.4. The molecule has 0 aliphatic carbocycles. The number of nitrogens with zero attached hydrogens (tertiary/aromatic N) is 1. The van der Waals surface area contributed by atoms with Gasteiger partial charge < -0.3 is 15.2 Å². The molecule has 1 amide bonds. The number of morpholine rings is 1. The van der Waals surface area contributed by atoms with Gasteiger partial charge in [0.15, 0.2) is 0 Å². The molecule has 2 aromatic rings. The minimum Gasteiger partial charge on any atom is -0.507 e. The first-order valence-electron chi connectivity index (χ1n) is 8.17. The fourth-order valence-electron chi connectivity index (χ4n) is 2.63. The van der Waals surface area contributed by atoms with Crippen LogP contribution in [0.1, 0.15) is 15.9 Å². The van der Waals surface area contributed by atoms with Crippen molar-refractivity contribution in [2.24, 2.45) is 0 Å². The Morgan fingerprint density at radius 1 is 1.12 bits per heavy atom. The van der Waals surface area contributed by atoms with E-state index in [2.05, 4.69) is 5.32 Å². The lowest BCUT2D eigenvalue weighted by molar-refractivity contribution is 0.0730. The van der Waals surface area contributed by atoms with Crippen molar-refractivity contribution in [3.05, 3.63) is 53.6 Å². The fraction of sp³-hybridized carbons (Fsp3) is 0.278. The average molecular weight is 376 g/mol. The highest BCUT2D eigenvalue weighted by Crippen LogP contribution is 2.25. The van der Waals surface area contributed by atoms with Gasteiger partial charge in [-0.2, -0.15) is 4.31 Å². The highest BCUT2D eigenvalue weighted by molar-refractivity contribution is 7.89. The minimum atomic E-state index is -3.75. The predicted octanol–water partition coefficient (Wildman–Crippen LogP) is 1.97. The van der Waals surface area contributed by atoms with Crippen molar-refractivity contribution in [3.8, 4) is 5.75 Å². The Labute approximate surface area is 152 Å². The third-order valence-electron chi connectivity index (χ3n) is 4.13. The number of rotatable bonds is 4. The number of ether oxygens (including phenoxy) is 1. The summed E-state index contributed by atoms with van der Waals surface area (Å²) in [7, 11) is -3.75. The fourth-order valence-corrected chi connectivity index (χ4v) is 4.06. The van der Waals surface area contributed by atoms with Crippen LogP contribution in [0.25, 0.3) is 0 Å². The Kier molecular flexibility index (Phi) is 5.26. The lowest BCUT2D eigenvalue weighted by Crippen LogP contribution is -2.40. The van der Waals surface area contributed by atoms with Crippen LogP contribution in [0.3, 0.4) is 0 Å². The molecule has 0 bridgehead atoms. The SMILES string of the molecule is Cc1ccc(NC(=O)c2cc(S(=O)(=O)N3CCOCC3)ccc2O)cc1. The van der Waals surface area contributed by atoms with Crippen molar-refractivity contribution < 1.29 is 23.1 Å². The van der Waals surface area contributed by atoms with Gasteiger partial charge in [-0.1, -0.05) is 17.7 Å². The molecule has 0 aromatic heterocycles. The minimum absolute atomic E-state index is 0.0359. The van der Waals surface area contributed by atoms with Crippen molar-refractivity contribution in [2.45, 2.75) is 11.8 Å². The average Bonchev–Trinajstić information content (AvgIpc) is 2.64. The second kappa shape index (κ2) is 7.45. The summed E-state index contributed by atoms with van der Waals surface area (Å²) in [5.41, 5.74) is 1.51. The summed E-state index contributed by atoms with van der Waals surface area (Å²) in [6.07, 6.45) is 0. The molecule has 0 atom stereocenters. The van der Waals surface area contributed by atoms with E-state index in [1.54, 1.807) is 12.1 Å². The van der Waals surface area contributed by atoms with E-state index < -0.39 is 15.9 Å². The van der Waals surface area contributed by atoms with Crippen LogP contribution in [0.5, 0.6) is 5.75 Å². The van der Waals surface area contributed by atoms with Gasteiger partial charge in [0.25, 0.3) is 5.91 Å². The number of hydrogen-bond acceptors (Lipinski definition) is 5. The number of sulfonamides is 1. The maximum absolute atomic E-state index is 12.7. The topological polar surface area (TPSA) is 95.9 Å². The molecule has 26 heavy (non-hydrogen) atoms. The summed E-state index contributed by atoms with van der Waals surface area (Å²) >= 11 is 0. The first-order valence-corrected chi connectivity index (χ1v) is 9.61. The van der Waals surface area contributed by atoms with E-state index in [1.165, 1.54) is 22.5 Å². The number of amides is 1. The summed E-state index contributed by atoms with van der Waals surface area (Å²) in [5.74, 6) is -0.860. The van der Waals surface area contributed by atoms with E-state index >= 15 is 0 Å². The molecule has 2 aromatic carbocycles. The van der Waals surface area contributed by atoms with Crippen molar-refractivity contribution in [1.29, 1.82) is 0 Å². The van der Waals surface area contributed by atoms with Gasteiger partial charge in [-0.25, -0.2) is 8.42 Å². The molecule has 0 radical (unpaired) electrons. The van der Waals surface area contributed by atoms with Crippen molar-refractivity contribution in [3.63, 3.8) is 0 Å². The molecule has 1 fully saturated rings. The second-order valence-corrected chi connectivity index (χ2v) is 7.95. The van der Waals surface area contributed by atoms with E-state index in [4.69, 9.17) is 4.74 Å². The molecule has 0 saturated carbocycles. The van der Waals surface area contributed by atoms with Gasteiger partial charge in [-0.15, -0.1) is 0 Å². The molecule has 1 aliphatic heterocycles. The summed E-state index contributed by atoms with van der Waals surface area (Å²) in [4.78, 5) is 12.4. The number of hydrogen-bond donors (Lipinski definition) is 2. The Morgan fingerprint density at radius 2 is 1.77 bits per heavy atom. The predicted molar refractivity (Wildman–Crippen MR) is 96.8 cm³/mol. The number of aryl methyl sites for hydroxylation is 1. The smallest absolute Gasteiger partial charge is 0.259 e. The van der Waals surface area contributed by atoms with Gasteiger partial charge in [0, 0.05) is 18.8 Å². The highest BCUT2D eigenvalue weighted by Gasteiger charge is 2.27. The van der Waals surface area contributed by atoms with Crippen molar-refractivity contribution >= 4 is 21.6 Å². The molecule has 0 unspecified atom stereocenters. The third kappa shape index (κ3) is 3.87. The number of phenols is 1. The van der Waals surface area contributed by atoms with Crippen LogP contribution < -0.4 is 5.32 Å². The molecular weight excluding hydrogens is 356 g/mol. The molecule has 138 valence electrons. The Bertz CT molecular complexity index is 904. The van der Waals surface area contributed by atoms with Gasteiger partial charge in [0.2, 0.25) is 10.0 Å². The Hall–Kier alpha value is -2.42. The summed E-state index contributed by atoms with van der Waals surface area (Å²) in [5, 5.41) is 12.7. The highest BCUT2D eigenvalue weighted by atomic mass is 32.2. The van der Waals surface area contributed by atoms with E-state index in [-0.39, 0.29) is 29.3 Å². The number of carbonyl (C=O) groups is 1. The van der Waals surface area contributed by atoms with Crippen molar-refractivity contribution in [1.82, 2.24) is 4.31 Å². The van der Waals surface area contributed by atoms with Crippen LogP contribution in [0.2, 0.25) is 0 Å². The molecule has 1 saturated heterocycles.